The molecule has 0 unspecified atom stereocenters. The highest BCUT2D eigenvalue weighted by atomic mass is 16.5. The minimum atomic E-state index is 0.0777. The minimum Gasteiger partial charge on any atom is -0.376 e. The highest BCUT2D eigenvalue weighted by Crippen LogP contribution is 2.27. The number of carbonyl (C=O) groups is 1. The van der Waals surface area contributed by atoms with E-state index in [1.165, 1.54) is 0 Å². The second kappa shape index (κ2) is 4.38. The molecule has 0 aliphatic carbocycles. The Hall–Kier alpha value is -1.94. The summed E-state index contributed by atoms with van der Waals surface area (Å²) in [7, 11) is 0. The first kappa shape index (κ1) is 11.2. The summed E-state index contributed by atoms with van der Waals surface area (Å²) in [6.07, 6.45) is 0.883. The van der Waals surface area contributed by atoms with E-state index in [1.54, 1.807) is 6.92 Å². The Balaban J connectivity index is 1.99. The van der Waals surface area contributed by atoms with E-state index in [-0.39, 0.29) is 5.78 Å². The maximum atomic E-state index is 11.2. The lowest BCUT2D eigenvalue weighted by molar-refractivity contribution is 0.101. The lowest BCUT2D eigenvalue weighted by atomic mass is 10.0. The standard InChI is InChI=1S/C14H14N2O2/c1-9(17)10-2-4-11(5-3-10)14-12-8-18-7-6-13(12)15-16-14/h2-5H,6-8H2,1H3,(H,15,16). The fourth-order valence-electron chi connectivity index (χ4n) is 2.21. The highest BCUT2D eigenvalue weighted by molar-refractivity contribution is 5.94. The molecule has 0 atom stereocenters. The van der Waals surface area contributed by atoms with E-state index in [1.807, 2.05) is 24.3 Å². The second-order valence-corrected chi connectivity index (χ2v) is 4.47. The maximum Gasteiger partial charge on any atom is 0.159 e. The predicted molar refractivity (Wildman–Crippen MR) is 67.4 cm³/mol. The lowest BCUT2D eigenvalue weighted by Crippen LogP contribution is -2.08. The van der Waals surface area contributed by atoms with E-state index in [4.69, 9.17) is 4.74 Å². The van der Waals surface area contributed by atoms with Crippen molar-refractivity contribution >= 4 is 5.78 Å². The molecule has 0 fully saturated rings. The van der Waals surface area contributed by atoms with E-state index < -0.39 is 0 Å². The van der Waals surface area contributed by atoms with Crippen LogP contribution in [0, 0.1) is 0 Å². The number of nitrogens with one attached hydrogen (secondary N) is 1. The molecular formula is C14H14N2O2. The van der Waals surface area contributed by atoms with Gasteiger partial charge in [0, 0.05) is 28.8 Å². The van der Waals surface area contributed by atoms with Crippen LogP contribution in [0.1, 0.15) is 28.5 Å². The van der Waals surface area contributed by atoms with Gasteiger partial charge in [0.15, 0.2) is 5.78 Å². The van der Waals surface area contributed by atoms with Crippen molar-refractivity contribution in [1.29, 1.82) is 0 Å². The first-order valence-electron chi connectivity index (χ1n) is 6.01. The topological polar surface area (TPSA) is 55.0 Å². The summed E-state index contributed by atoms with van der Waals surface area (Å²) in [5.41, 5.74) is 4.96. The zero-order valence-corrected chi connectivity index (χ0v) is 10.2. The summed E-state index contributed by atoms with van der Waals surface area (Å²) < 4.78 is 5.46. The number of aromatic nitrogens is 2. The molecule has 4 heteroatoms. The molecule has 0 bridgehead atoms. The Labute approximate surface area is 105 Å². The molecule has 0 spiro atoms. The minimum absolute atomic E-state index is 0.0777. The summed E-state index contributed by atoms with van der Waals surface area (Å²) in [4.78, 5) is 11.2. The number of hydrogen-bond donors (Lipinski definition) is 1. The van der Waals surface area contributed by atoms with Gasteiger partial charge >= 0.3 is 0 Å². The average molecular weight is 242 g/mol. The van der Waals surface area contributed by atoms with Gasteiger partial charge in [-0.05, 0) is 6.92 Å². The summed E-state index contributed by atoms with van der Waals surface area (Å²) in [6, 6.07) is 7.54. The first-order valence-corrected chi connectivity index (χ1v) is 6.01. The summed E-state index contributed by atoms with van der Waals surface area (Å²) in [6.45, 7) is 2.92. The van der Waals surface area contributed by atoms with Gasteiger partial charge < -0.3 is 4.74 Å². The molecule has 0 saturated carbocycles. The molecule has 1 aliphatic rings. The Bertz CT molecular complexity index is 584. The molecule has 2 heterocycles. The van der Waals surface area contributed by atoms with Crippen LogP contribution >= 0.6 is 0 Å². The monoisotopic (exact) mass is 242 g/mol. The van der Waals surface area contributed by atoms with Gasteiger partial charge in [-0.3, -0.25) is 9.89 Å². The molecule has 1 aliphatic heterocycles. The number of Topliss-reactive ketones (excluding diaryl/α,β-unsaturated/α-hetero) is 1. The molecule has 0 radical (unpaired) electrons. The van der Waals surface area contributed by atoms with Crippen LogP contribution in [0.25, 0.3) is 11.3 Å². The summed E-state index contributed by atoms with van der Waals surface area (Å²) in [5.74, 6) is 0.0777. The van der Waals surface area contributed by atoms with Crippen molar-refractivity contribution in [2.45, 2.75) is 20.0 Å². The number of benzene rings is 1. The number of aromatic amines is 1. The van der Waals surface area contributed by atoms with Gasteiger partial charge in [-0.25, -0.2) is 0 Å². The summed E-state index contributed by atoms with van der Waals surface area (Å²) >= 11 is 0. The molecule has 4 nitrogen and oxygen atoms in total. The number of carbonyl (C=O) groups excluding carboxylic acids is 1. The third-order valence-electron chi connectivity index (χ3n) is 3.26. The Morgan fingerprint density at radius 1 is 1.33 bits per heavy atom. The van der Waals surface area contributed by atoms with Crippen LogP contribution in [0.4, 0.5) is 0 Å². The van der Waals surface area contributed by atoms with Gasteiger partial charge in [0.1, 0.15) is 0 Å². The molecular weight excluding hydrogens is 228 g/mol. The number of nitrogens with zero attached hydrogens (tertiary/aromatic N) is 1. The van der Waals surface area contributed by atoms with Gasteiger partial charge in [-0.15, -0.1) is 0 Å². The smallest absolute Gasteiger partial charge is 0.159 e. The van der Waals surface area contributed by atoms with Gasteiger partial charge in [-0.1, -0.05) is 24.3 Å². The molecule has 92 valence electrons. The fraction of sp³-hybridized carbons (Fsp3) is 0.286. The summed E-state index contributed by atoms with van der Waals surface area (Å²) in [5, 5.41) is 7.42. The molecule has 0 amide bonds. The van der Waals surface area contributed by atoms with Gasteiger partial charge in [-0.2, -0.15) is 5.10 Å². The number of ketones is 1. The van der Waals surface area contributed by atoms with Crippen molar-refractivity contribution in [3.05, 3.63) is 41.1 Å². The molecule has 18 heavy (non-hydrogen) atoms. The van der Waals surface area contributed by atoms with Crippen LogP contribution in [-0.2, 0) is 17.8 Å². The molecule has 1 aromatic carbocycles. The van der Waals surface area contributed by atoms with E-state index in [2.05, 4.69) is 10.2 Å². The number of ether oxygens (including phenoxy) is 1. The average Bonchev–Trinajstić information content (AvgIpc) is 2.82. The molecule has 0 saturated heterocycles. The molecule has 3 rings (SSSR count). The molecule has 1 aromatic heterocycles. The first-order chi connectivity index (χ1) is 8.75. The highest BCUT2D eigenvalue weighted by Gasteiger charge is 2.18. The third kappa shape index (κ3) is 1.84. The predicted octanol–water partition coefficient (Wildman–Crippen LogP) is 2.35. The van der Waals surface area contributed by atoms with E-state index in [9.17, 15) is 4.79 Å². The zero-order valence-electron chi connectivity index (χ0n) is 10.2. The van der Waals surface area contributed by atoms with E-state index >= 15 is 0 Å². The quantitative estimate of drug-likeness (QED) is 0.822. The fourth-order valence-corrected chi connectivity index (χ4v) is 2.21. The number of H-pyrrole nitrogens is 1. The lowest BCUT2D eigenvalue weighted by Gasteiger charge is -2.12. The number of hydrogen-bond acceptors (Lipinski definition) is 3. The molecule has 1 N–H and O–H groups in total. The van der Waals surface area contributed by atoms with E-state index in [0.29, 0.717) is 6.61 Å². The van der Waals surface area contributed by atoms with Gasteiger partial charge in [0.2, 0.25) is 0 Å². The number of rotatable bonds is 2. The van der Waals surface area contributed by atoms with Crippen LogP contribution in [0.2, 0.25) is 0 Å². The van der Waals surface area contributed by atoms with Crippen LogP contribution in [-0.4, -0.2) is 22.6 Å². The molecule has 2 aromatic rings. The number of fused-ring (bicyclic) bond motifs is 1. The normalized spacial score (nSPS) is 14.3. The van der Waals surface area contributed by atoms with Gasteiger partial charge in [0.05, 0.1) is 18.9 Å². The second-order valence-electron chi connectivity index (χ2n) is 4.47. The van der Waals surface area contributed by atoms with Crippen molar-refractivity contribution in [2.75, 3.05) is 6.61 Å². The Kier molecular flexibility index (Phi) is 2.72. The Morgan fingerprint density at radius 2 is 2.11 bits per heavy atom. The van der Waals surface area contributed by atoms with Crippen molar-refractivity contribution in [2.24, 2.45) is 0 Å². The Morgan fingerprint density at radius 3 is 2.83 bits per heavy atom. The van der Waals surface area contributed by atoms with Crippen molar-refractivity contribution in [3.63, 3.8) is 0 Å². The van der Waals surface area contributed by atoms with E-state index in [0.717, 1.165) is 41.1 Å². The van der Waals surface area contributed by atoms with Crippen molar-refractivity contribution in [3.8, 4) is 11.3 Å². The van der Waals surface area contributed by atoms with Gasteiger partial charge in [0.25, 0.3) is 0 Å². The van der Waals surface area contributed by atoms with Crippen molar-refractivity contribution < 1.29 is 9.53 Å². The van der Waals surface area contributed by atoms with Crippen LogP contribution in [0.5, 0.6) is 0 Å². The van der Waals surface area contributed by atoms with Crippen LogP contribution in [0.3, 0.4) is 0 Å². The van der Waals surface area contributed by atoms with Crippen LogP contribution in [0.15, 0.2) is 24.3 Å². The maximum absolute atomic E-state index is 11.2. The SMILES string of the molecule is CC(=O)c1ccc(-c2n[nH]c3c2COCC3)cc1. The third-order valence-corrected chi connectivity index (χ3v) is 3.26. The van der Waals surface area contributed by atoms with Crippen molar-refractivity contribution in [1.82, 2.24) is 10.2 Å². The van der Waals surface area contributed by atoms with Crippen LogP contribution < -0.4 is 0 Å². The largest absolute Gasteiger partial charge is 0.376 e. The zero-order chi connectivity index (χ0) is 12.5.